The number of likely N-dealkylation sites (tertiary alicyclic amines) is 1. The van der Waals surface area contributed by atoms with Gasteiger partial charge >= 0.3 is 0 Å². The molecule has 1 saturated heterocycles. The third kappa shape index (κ3) is 3.84. The Labute approximate surface area is 175 Å². The molecule has 0 unspecified atom stereocenters. The molecule has 3 heterocycles. The van der Waals surface area contributed by atoms with Crippen LogP contribution in [-0.4, -0.2) is 49.6 Å². The largest absolute Gasteiger partial charge is 0.356 e. The van der Waals surface area contributed by atoms with E-state index in [0.717, 1.165) is 62.2 Å². The molecule has 0 radical (unpaired) electrons. The van der Waals surface area contributed by atoms with Gasteiger partial charge in [0.25, 0.3) is 5.56 Å². The van der Waals surface area contributed by atoms with Crippen molar-refractivity contribution in [2.75, 3.05) is 19.6 Å². The summed E-state index contributed by atoms with van der Waals surface area (Å²) < 4.78 is 3.55. The van der Waals surface area contributed by atoms with E-state index in [0.29, 0.717) is 17.7 Å². The number of rotatable bonds is 6. The van der Waals surface area contributed by atoms with Gasteiger partial charge in [0, 0.05) is 19.5 Å². The molecule has 8 nitrogen and oxygen atoms in total. The summed E-state index contributed by atoms with van der Waals surface area (Å²) in [5.41, 5.74) is 1.83. The topological polar surface area (TPSA) is 84.5 Å². The normalized spacial score (nSPS) is 15.8. The highest BCUT2D eigenvalue weighted by atomic mass is 16.2. The van der Waals surface area contributed by atoms with Crippen LogP contribution in [0.2, 0.25) is 0 Å². The number of unbranched alkanes of at least 4 members (excludes halogenated alkanes) is 1. The molecule has 30 heavy (non-hydrogen) atoms. The molecular formula is C22H30N6O2. The van der Waals surface area contributed by atoms with Crippen molar-refractivity contribution in [3.63, 3.8) is 0 Å². The minimum absolute atomic E-state index is 0.0601. The first-order valence-electron chi connectivity index (χ1n) is 10.8. The molecular weight excluding hydrogens is 380 g/mol. The Hall–Kier alpha value is -2.74. The maximum absolute atomic E-state index is 12.7. The molecule has 2 aromatic heterocycles. The highest BCUT2D eigenvalue weighted by Gasteiger charge is 2.26. The van der Waals surface area contributed by atoms with Gasteiger partial charge in [-0.05, 0) is 51.4 Å². The van der Waals surface area contributed by atoms with Gasteiger partial charge in [0.05, 0.1) is 17.4 Å². The highest BCUT2D eigenvalue weighted by Crippen LogP contribution is 2.21. The zero-order chi connectivity index (χ0) is 21.3. The maximum Gasteiger partial charge on any atom is 0.262 e. The Morgan fingerprint density at radius 3 is 2.73 bits per heavy atom. The number of aryl methyl sites for hydroxylation is 2. The lowest BCUT2D eigenvalue weighted by atomic mass is 9.96. The van der Waals surface area contributed by atoms with Gasteiger partial charge in [-0.3, -0.25) is 23.5 Å². The molecule has 0 atom stereocenters. The first-order chi connectivity index (χ1) is 14.5. The van der Waals surface area contributed by atoms with E-state index in [-0.39, 0.29) is 17.4 Å². The van der Waals surface area contributed by atoms with Gasteiger partial charge in [0.2, 0.25) is 11.7 Å². The predicted octanol–water partition coefficient (Wildman–Crippen LogP) is 2.02. The molecule has 4 rings (SSSR count). The van der Waals surface area contributed by atoms with Gasteiger partial charge in [0.15, 0.2) is 5.82 Å². The van der Waals surface area contributed by atoms with Crippen LogP contribution < -0.4 is 10.9 Å². The van der Waals surface area contributed by atoms with E-state index in [1.165, 1.54) is 0 Å². The fourth-order valence-corrected chi connectivity index (χ4v) is 4.25. The quantitative estimate of drug-likeness (QED) is 0.629. The molecule has 160 valence electrons. The van der Waals surface area contributed by atoms with Crippen molar-refractivity contribution in [2.45, 2.75) is 46.1 Å². The minimum atomic E-state index is -0.0601. The van der Waals surface area contributed by atoms with E-state index in [4.69, 9.17) is 0 Å². The lowest BCUT2D eigenvalue weighted by Crippen LogP contribution is -2.40. The number of nitrogens with zero attached hydrogens (tertiary/aromatic N) is 5. The summed E-state index contributed by atoms with van der Waals surface area (Å²) in [5.74, 6) is 1.65. The number of carbonyl (C=O) groups excluding carboxylic acids is 1. The third-order valence-electron chi connectivity index (χ3n) is 6.09. The third-order valence-corrected chi connectivity index (χ3v) is 6.09. The summed E-state index contributed by atoms with van der Waals surface area (Å²) in [6.07, 6.45) is 3.83. The summed E-state index contributed by atoms with van der Waals surface area (Å²) in [4.78, 5) is 27.4. The van der Waals surface area contributed by atoms with Gasteiger partial charge in [0.1, 0.15) is 0 Å². The lowest BCUT2D eigenvalue weighted by molar-refractivity contribution is -0.126. The van der Waals surface area contributed by atoms with Crippen molar-refractivity contribution in [1.82, 2.24) is 29.4 Å². The smallest absolute Gasteiger partial charge is 0.262 e. The summed E-state index contributed by atoms with van der Waals surface area (Å²) in [7, 11) is 1.74. The zero-order valence-corrected chi connectivity index (χ0v) is 18.0. The van der Waals surface area contributed by atoms with Crippen LogP contribution in [0.15, 0.2) is 23.0 Å². The number of hydrogen-bond donors (Lipinski definition) is 1. The molecule has 0 saturated carbocycles. The van der Waals surface area contributed by atoms with E-state index in [2.05, 4.69) is 27.3 Å². The summed E-state index contributed by atoms with van der Waals surface area (Å²) in [5, 5.41) is 12.4. The number of hydrogen-bond acceptors (Lipinski definition) is 5. The van der Waals surface area contributed by atoms with Gasteiger partial charge in [-0.1, -0.05) is 25.0 Å². The maximum atomic E-state index is 12.7. The molecule has 1 fully saturated rings. The average Bonchev–Trinajstić information content (AvgIpc) is 3.16. The number of carbonyl (C=O) groups is 1. The predicted molar refractivity (Wildman–Crippen MR) is 116 cm³/mol. The Kier molecular flexibility index (Phi) is 5.85. The van der Waals surface area contributed by atoms with Gasteiger partial charge in [-0.2, -0.15) is 0 Å². The van der Waals surface area contributed by atoms with Crippen LogP contribution in [0.3, 0.4) is 0 Å². The fraction of sp³-hybridized carbons (Fsp3) is 0.545. The van der Waals surface area contributed by atoms with Gasteiger partial charge in [-0.15, -0.1) is 10.2 Å². The number of amides is 1. The van der Waals surface area contributed by atoms with Crippen LogP contribution in [0, 0.1) is 12.8 Å². The molecule has 0 aliphatic carbocycles. The van der Waals surface area contributed by atoms with E-state index in [9.17, 15) is 9.59 Å². The number of aromatic nitrogens is 4. The molecule has 1 N–H and O–H groups in total. The van der Waals surface area contributed by atoms with E-state index in [1.54, 1.807) is 11.6 Å². The van der Waals surface area contributed by atoms with Crippen molar-refractivity contribution in [1.29, 1.82) is 0 Å². The monoisotopic (exact) mass is 410 g/mol. The Morgan fingerprint density at radius 2 is 2.00 bits per heavy atom. The fourth-order valence-electron chi connectivity index (χ4n) is 4.25. The summed E-state index contributed by atoms with van der Waals surface area (Å²) in [6.45, 7) is 7.23. The van der Waals surface area contributed by atoms with Crippen LogP contribution >= 0.6 is 0 Å². The van der Waals surface area contributed by atoms with E-state index in [1.807, 2.05) is 29.5 Å². The summed E-state index contributed by atoms with van der Waals surface area (Å²) in [6, 6.07) is 5.90. The number of piperidine rings is 1. The second-order valence-corrected chi connectivity index (χ2v) is 8.33. The molecule has 1 aliphatic heterocycles. The Balaban J connectivity index is 1.52. The Morgan fingerprint density at radius 1 is 1.23 bits per heavy atom. The standard InChI is InChI=1S/C22H30N6O2/c1-4-5-10-23-20(29)16-8-11-27(12-9-16)14-19-24-25-22-26(3)21(30)17-13-15(2)6-7-18(17)28(19)22/h6-7,13,16H,4-5,8-12,14H2,1-3H3,(H,23,29). The molecule has 1 aliphatic rings. The van der Waals surface area contributed by atoms with Crippen molar-refractivity contribution < 1.29 is 4.79 Å². The second-order valence-electron chi connectivity index (χ2n) is 8.33. The molecule has 0 spiro atoms. The van der Waals surface area contributed by atoms with E-state index < -0.39 is 0 Å². The van der Waals surface area contributed by atoms with Crippen molar-refractivity contribution >= 4 is 22.6 Å². The van der Waals surface area contributed by atoms with Crippen molar-refractivity contribution in [3.8, 4) is 0 Å². The molecule has 1 aromatic carbocycles. The van der Waals surface area contributed by atoms with Crippen molar-refractivity contribution in [2.24, 2.45) is 13.0 Å². The number of fused-ring (bicyclic) bond motifs is 3. The average molecular weight is 411 g/mol. The molecule has 0 bridgehead atoms. The van der Waals surface area contributed by atoms with Crippen molar-refractivity contribution in [3.05, 3.63) is 39.9 Å². The first kappa shape index (κ1) is 20.5. The second kappa shape index (κ2) is 8.55. The van der Waals surface area contributed by atoms with E-state index >= 15 is 0 Å². The number of nitrogens with one attached hydrogen (secondary N) is 1. The lowest BCUT2D eigenvalue weighted by Gasteiger charge is -2.30. The van der Waals surface area contributed by atoms with Gasteiger partial charge in [-0.25, -0.2) is 0 Å². The minimum Gasteiger partial charge on any atom is -0.356 e. The van der Waals surface area contributed by atoms with Crippen LogP contribution in [0.25, 0.3) is 16.7 Å². The van der Waals surface area contributed by atoms with Gasteiger partial charge < -0.3 is 5.32 Å². The molecule has 8 heteroatoms. The van der Waals surface area contributed by atoms with Crippen LogP contribution in [0.4, 0.5) is 0 Å². The highest BCUT2D eigenvalue weighted by molar-refractivity contribution is 5.81. The van der Waals surface area contributed by atoms with Crippen LogP contribution in [-0.2, 0) is 18.4 Å². The van der Waals surface area contributed by atoms with Crippen LogP contribution in [0.1, 0.15) is 44.0 Å². The SMILES string of the molecule is CCCCNC(=O)C1CCN(Cc2nnc3n(C)c(=O)c4cc(C)ccc4n23)CC1. The van der Waals surface area contributed by atoms with Crippen LogP contribution in [0.5, 0.6) is 0 Å². The Bertz CT molecular complexity index is 1120. The summed E-state index contributed by atoms with van der Waals surface area (Å²) >= 11 is 0. The molecule has 1 amide bonds. The first-order valence-corrected chi connectivity index (χ1v) is 10.8. The number of benzene rings is 1. The molecule has 3 aromatic rings. The zero-order valence-electron chi connectivity index (χ0n) is 18.0.